The van der Waals surface area contributed by atoms with Crippen molar-refractivity contribution in [1.29, 1.82) is 0 Å². The number of esters is 1. The van der Waals surface area contributed by atoms with Crippen molar-refractivity contribution in [2.75, 3.05) is 6.61 Å². The van der Waals surface area contributed by atoms with E-state index in [4.69, 9.17) is 4.74 Å². The van der Waals surface area contributed by atoms with Gasteiger partial charge >= 0.3 is 5.97 Å². The smallest absolute Gasteiger partial charge is 0.319 e. The van der Waals surface area contributed by atoms with Gasteiger partial charge in [-0.25, -0.2) is 9.97 Å². The Bertz CT molecular complexity index is 358. The number of rotatable bonds is 5. The van der Waals surface area contributed by atoms with Crippen LogP contribution < -0.4 is 0 Å². The second-order valence-electron chi connectivity index (χ2n) is 3.26. The van der Waals surface area contributed by atoms with Gasteiger partial charge < -0.3 is 4.74 Å². The molecule has 1 unspecified atom stereocenters. The summed E-state index contributed by atoms with van der Waals surface area (Å²) in [7, 11) is 0. The summed E-state index contributed by atoms with van der Waals surface area (Å²) in [4.78, 5) is 19.7. The molecule has 0 fully saturated rings. The molecule has 0 aliphatic heterocycles. The Labute approximate surface area is 99.8 Å². The maximum absolute atomic E-state index is 11.6. The van der Waals surface area contributed by atoms with Crippen molar-refractivity contribution in [3.05, 3.63) is 18.1 Å². The van der Waals surface area contributed by atoms with E-state index in [0.29, 0.717) is 6.61 Å². The molecule has 1 aromatic heterocycles. The van der Waals surface area contributed by atoms with Crippen LogP contribution in [0.15, 0.2) is 17.4 Å². The van der Waals surface area contributed by atoms with Crippen LogP contribution in [0.5, 0.6) is 0 Å². The zero-order valence-corrected chi connectivity index (χ0v) is 10.6. The quantitative estimate of drug-likeness (QED) is 0.449. The summed E-state index contributed by atoms with van der Waals surface area (Å²) in [5.74, 6) is -0.175. The van der Waals surface area contributed by atoms with Crippen LogP contribution in [0.25, 0.3) is 0 Å². The SMILES string of the molecule is CCOC(=O)C(CC)Sc1cc(C)ncn1. The molecule has 0 aromatic carbocycles. The Kier molecular flexibility index (Phi) is 5.25. The lowest BCUT2D eigenvalue weighted by atomic mass is 10.3. The number of carbonyl (C=O) groups excluding carboxylic acids is 1. The van der Waals surface area contributed by atoms with E-state index >= 15 is 0 Å². The highest BCUT2D eigenvalue weighted by molar-refractivity contribution is 8.00. The lowest BCUT2D eigenvalue weighted by Crippen LogP contribution is -2.19. The average Bonchev–Trinajstić information content (AvgIpc) is 2.26. The highest BCUT2D eigenvalue weighted by atomic mass is 32.2. The van der Waals surface area contributed by atoms with Gasteiger partial charge in [0.1, 0.15) is 16.6 Å². The molecule has 1 heterocycles. The predicted octanol–water partition coefficient (Wildman–Crippen LogP) is 2.22. The van der Waals surface area contributed by atoms with E-state index in [1.807, 2.05) is 26.8 Å². The number of ether oxygens (including phenoxy) is 1. The molecule has 0 saturated carbocycles. The number of carbonyl (C=O) groups is 1. The van der Waals surface area contributed by atoms with Crippen LogP contribution >= 0.6 is 11.8 Å². The minimum absolute atomic E-state index is 0.175. The number of thioether (sulfide) groups is 1. The lowest BCUT2D eigenvalue weighted by Gasteiger charge is -2.12. The molecule has 1 atom stereocenters. The predicted molar refractivity (Wildman–Crippen MR) is 63.3 cm³/mol. The van der Waals surface area contributed by atoms with Gasteiger partial charge in [-0.2, -0.15) is 0 Å². The molecule has 16 heavy (non-hydrogen) atoms. The average molecular weight is 240 g/mol. The van der Waals surface area contributed by atoms with Crippen molar-refractivity contribution in [1.82, 2.24) is 9.97 Å². The van der Waals surface area contributed by atoms with Gasteiger partial charge in [0.05, 0.1) is 6.61 Å². The zero-order valence-electron chi connectivity index (χ0n) is 9.77. The maximum Gasteiger partial charge on any atom is 0.319 e. The van der Waals surface area contributed by atoms with E-state index in [2.05, 4.69) is 9.97 Å². The van der Waals surface area contributed by atoms with Gasteiger partial charge in [0.25, 0.3) is 0 Å². The summed E-state index contributed by atoms with van der Waals surface area (Å²) >= 11 is 1.43. The van der Waals surface area contributed by atoms with Crippen LogP contribution in [0.1, 0.15) is 26.0 Å². The third-order valence-electron chi connectivity index (χ3n) is 1.96. The number of hydrogen-bond acceptors (Lipinski definition) is 5. The summed E-state index contributed by atoms with van der Waals surface area (Å²) in [6.45, 7) is 6.09. The third kappa shape index (κ3) is 3.81. The van der Waals surface area contributed by atoms with E-state index < -0.39 is 0 Å². The molecule has 5 heteroatoms. The highest BCUT2D eigenvalue weighted by Crippen LogP contribution is 2.24. The topological polar surface area (TPSA) is 52.1 Å². The van der Waals surface area contributed by atoms with Gasteiger partial charge in [0, 0.05) is 5.69 Å². The number of aryl methyl sites for hydroxylation is 1. The van der Waals surface area contributed by atoms with Crippen molar-refractivity contribution >= 4 is 17.7 Å². The van der Waals surface area contributed by atoms with Crippen LogP contribution in [0.4, 0.5) is 0 Å². The molecule has 1 aromatic rings. The van der Waals surface area contributed by atoms with Crippen LogP contribution in [0, 0.1) is 6.92 Å². The summed E-state index contributed by atoms with van der Waals surface area (Å²) in [5, 5.41) is 0.627. The first-order valence-electron chi connectivity index (χ1n) is 5.29. The molecule has 0 aliphatic rings. The van der Waals surface area contributed by atoms with E-state index in [0.717, 1.165) is 17.1 Å². The van der Waals surface area contributed by atoms with Gasteiger partial charge in [-0.1, -0.05) is 18.7 Å². The molecular weight excluding hydrogens is 224 g/mol. The van der Waals surface area contributed by atoms with E-state index in [1.54, 1.807) is 0 Å². The number of nitrogens with zero attached hydrogens (tertiary/aromatic N) is 2. The van der Waals surface area contributed by atoms with Crippen LogP contribution in [0.2, 0.25) is 0 Å². The second kappa shape index (κ2) is 6.48. The number of aromatic nitrogens is 2. The Morgan fingerprint density at radius 2 is 2.25 bits per heavy atom. The Balaban J connectivity index is 2.66. The van der Waals surface area contributed by atoms with Crippen LogP contribution in [-0.4, -0.2) is 27.8 Å². The first kappa shape index (κ1) is 13.0. The monoisotopic (exact) mass is 240 g/mol. The van der Waals surface area contributed by atoms with Crippen molar-refractivity contribution in [3.63, 3.8) is 0 Å². The standard InChI is InChI=1S/C11H16N2O2S/c1-4-9(11(14)15-5-2)16-10-6-8(3)12-7-13-10/h6-7,9H,4-5H2,1-3H3. The Morgan fingerprint density at radius 3 is 2.81 bits per heavy atom. The van der Waals surface area contributed by atoms with Gasteiger partial charge in [0.15, 0.2) is 0 Å². The maximum atomic E-state index is 11.6. The van der Waals surface area contributed by atoms with Crippen LogP contribution in [-0.2, 0) is 9.53 Å². The Hall–Kier alpha value is -1.10. The molecule has 4 nitrogen and oxygen atoms in total. The third-order valence-corrected chi connectivity index (χ3v) is 3.24. The van der Waals surface area contributed by atoms with E-state index in [1.165, 1.54) is 18.1 Å². The van der Waals surface area contributed by atoms with Crippen LogP contribution in [0.3, 0.4) is 0 Å². The molecule has 0 spiro atoms. The molecule has 0 bridgehead atoms. The molecule has 0 radical (unpaired) electrons. The number of hydrogen-bond donors (Lipinski definition) is 0. The summed E-state index contributed by atoms with van der Waals surface area (Å²) < 4.78 is 4.99. The normalized spacial score (nSPS) is 12.2. The minimum Gasteiger partial charge on any atom is -0.465 e. The zero-order chi connectivity index (χ0) is 12.0. The van der Waals surface area contributed by atoms with E-state index in [9.17, 15) is 4.79 Å². The molecule has 0 N–H and O–H groups in total. The fourth-order valence-corrected chi connectivity index (χ4v) is 2.14. The first-order chi connectivity index (χ1) is 7.67. The van der Waals surface area contributed by atoms with Crippen molar-refractivity contribution in [2.45, 2.75) is 37.5 Å². The Morgan fingerprint density at radius 1 is 1.50 bits per heavy atom. The van der Waals surface area contributed by atoms with Gasteiger partial charge in [-0.05, 0) is 26.3 Å². The van der Waals surface area contributed by atoms with Crippen molar-refractivity contribution in [3.8, 4) is 0 Å². The molecular formula is C11H16N2O2S. The highest BCUT2D eigenvalue weighted by Gasteiger charge is 2.19. The van der Waals surface area contributed by atoms with E-state index in [-0.39, 0.29) is 11.2 Å². The first-order valence-corrected chi connectivity index (χ1v) is 6.17. The summed E-state index contributed by atoms with van der Waals surface area (Å²) in [6.07, 6.45) is 2.24. The molecule has 1 rings (SSSR count). The summed E-state index contributed by atoms with van der Waals surface area (Å²) in [6, 6.07) is 1.87. The molecule has 0 amide bonds. The molecule has 0 saturated heterocycles. The fraction of sp³-hybridized carbons (Fsp3) is 0.545. The van der Waals surface area contributed by atoms with Gasteiger partial charge in [0.2, 0.25) is 0 Å². The largest absolute Gasteiger partial charge is 0.465 e. The second-order valence-corrected chi connectivity index (χ2v) is 4.49. The summed E-state index contributed by atoms with van der Waals surface area (Å²) in [5.41, 5.74) is 0.899. The minimum atomic E-state index is -0.186. The van der Waals surface area contributed by atoms with Crippen molar-refractivity contribution < 1.29 is 9.53 Å². The van der Waals surface area contributed by atoms with Crippen molar-refractivity contribution in [2.24, 2.45) is 0 Å². The fourth-order valence-electron chi connectivity index (χ4n) is 1.17. The molecule has 0 aliphatic carbocycles. The van der Waals surface area contributed by atoms with Gasteiger partial charge in [-0.15, -0.1) is 0 Å². The lowest BCUT2D eigenvalue weighted by molar-refractivity contribution is -0.142. The molecule has 88 valence electrons. The van der Waals surface area contributed by atoms with Gasteiger partial charge in [-0.3, -0.25) is 4.79 Å².